The number of aromatic nitrogens is 2. The van der Waals surface area contributed by atoms with Crippen LogP contribution >= 0.6 is 11.6 Å². The number of nitrogens with zero attached hydrogens (tertiary/aromatic N) is 2. The third kappa shape index (κ3) is 2.71. The molecule has 104 valence electrons. The largest absolute Gasteiger partial charge is 0.298 e. The number of hydrogen-bond acceptors (Lipinski definition) is 2. The zero-order chi connectivity index (χ0) is 14.8. The molecule has 1 heterocycles. The molecule has 21 heavy (non-hydrogen) atoms. The summed E-state index contributed by atoms with van der Waals surface area (Å²) in [6, 6.07) is 13.0. The lowest BCUT2D eigenvalue weighted by molar-refractivity contribution is 0.112. The van der Waals surface area contributed by atoms with Gasteiger partial charge in [-0.15, -0.1) is 0 Å². The maximum absolute atomic E-state index is 13.3. The summed E-state index contributed by atoms with van der Waals surface area (Å²) in [5.41, 5.74) is 2.29. The summed E-state index contributed by atoms with van der Waals surface area (Å²) in [6.07, 6.45) is 2.30. The molecule has 0 unspecified atom stereocenters. The molecule has 3 rings (SSSR count). The lowest BCUT2D eigenvalue weighted by Crippen LogP contribution is -1.95. The van der Waals surface area contributed by atoms with Gasteiger partial charge in [0.2, 0.25) is 0 Å². The fourth-order valence-corrected chi connectivity index (χ4v) is 2.18. The molecule has 0 N–H and O–H groups in total. The van der Waals surface area contributed by atoms with Crippen molar-refractivity contribution >= 4 is 17.9 Å². The molecule has 0 amide bonds. The zero-order valence-electron chi connectivity index (χ0n) is 10.8. The van der Waals surface area contributed by atoms with Crippen LogP contribution in [0.3, 0.4) is 0 Å². The van der Waals surface area contributed by atoms with Crippen LogP contribution in [0.4, 0.5) is 4.39 Å². The van der Waals surface area contributed by atoms with E-state index in [0.717, 1.165) is 11.8 Å². The molecule has 2 aromatic carbocycles. The van der Waals surface area contributed by atoms with Crippen LogP contribution in [0, 0.1) is 5.82 Å². The van der Waals surface area contributed by atoms with E-state index in [-0.39, 0.29) is 5.82 Å². The van der Waals surface area contributed by atoms with Gasteiger partial charge in [0, 0.05) is 16.8 Å². The van der Waals surface area contributed by atoms with Crippen molar-refractivity contribution in [1.82, 2.24) is 9.78 Å². The van der Waals surface area contributed by atoms with Crippen LogP contribution < -0.4 is 0 Å². The highest BCUT2D eigenvalue weighted by Gasteiger charge is 2.12. The van der Waals surface area contributed by atoms with Gasteiger partial charge in [-0.1, -0.05) is 29.8 Å². The van der Waals surface area contributed by atoms with Crippen molar-refractivity contribution < 1.29 is 9.18 Å². The van der Waals surface area contributed by atoms with Crippen LogP contribution in [0.25, 0.3) is 16.9 Å². The lowest BCUT2D eigenvalue weighted by atomic mass is 10.1. The monoisotopic (exact) mass is 300 g/mol. The normalized spacial score (nSPS) is 10.6. The van der Waals surface area contributed by atoms with Gasteiger partial charge < -0.3 is 0 Å². The maximum atomic E-state index is 13.3. The molecule has 0 saturated carbocycles. The fraction of sp³-hybridized carbons (Fsp3) is 0. The van der Waals surface area contributed by atoms with E-state index in [1.807, 2.05) is 0 Å². The number of aldehydes is 1. The average molecular weight is 301 g/mol. The Balaban J connectivity index is 2.10. The van der Waals surface area contributed by atoms with E-state index in [2.05, 4.69) is 5.10 Å². The summed E-state index contributed by atoms with van der Waals surface area (Å²) >= 11 is 5.85. The van der Waals surface area contributed by atoms with Gasteiger partial charge in [-0.3, -0.25) is 4.79 Å². The average Bonchev–Trinajstić information content (AvgIpc) is 2.92. The summed E-state index contributed by atoms with van der Waals surface area (Å²) in [7, 11) is 0. The van der Waals surface area contributed by atoms with Gasteiger partial charge in [0.25, 0.3) is 0 Å². The van der Waals surface area contributed by atoms with Crippen molar-refractivity contribution in [2.75, 3.05) is 0 Å². The topological polar surface area (TPSA) is 34.9 Å². The van der Waals surface area contributed by atoms with E-state index in [0.29, 0.717) is 22.0 Å². The minimum absolute atomic E-state index is 0.358. The van der Waals surface area contributed by atoms with Crippen molar-refractivity contribution in [2.24, 2.45) is 0 Å². The lowest BCUT2D eigenvalue weighted by Gasteiger charge is -2.01. The first-order valence-corrected chi connectivity index (χ1v) is 6.62. The molecule has 0 aliphatic carbocycles. The fourth-order valence-electron chi connectivity index (χ4n) is 2.06. The Kier molecular flexibility index (Phi) is 3.54. The third-order valence-electron chi connectivity index (χ3n) is 3.06. The quantitative estimate of drug-likeness (QED) is 0.681. The second-order valence-corrected chi connectivity index (χ2v) is 4.92. The molecular formula is C16H10ClFN2O. The number of benzene rings is 2. The Labute approximate surface area is 125 Å². The molecule has 3 nitrogen and oxygen atoms in total. The number of hydrogen-bond donors (Lipinski definition) is 0. The van der Waals surface area contributed by atoms with Crippen molar-refractivity contribution in [2.45, 2.75) is 0 Å². The predicted octanol–water partition coefficient (Wildman–Crippen LogP) is 4.14. The van der Waals surface area contributed by atoms with Gasteiger partial charge in [-0.2, -0.15) is 5.10 Å². The number of carbonyl (C=O) groups is 1. The summed E-state index contributed by atoms with van der Waals surface area (Å²) < 4.78 is 14.8. The Hall–Kier alpha value is -2.46. The molecular weight excluding hydrogens is 291 g/mol. The van der Waals surface area contributed by atoms with E-state index in [1.54, 1.807) is 42.6 Å². The molecule has 0 saturated heterocycles. The van der Waals surface area contributed by atoms with Gasteiger partial charge in [0.15, 0.2) is 6.29 Å². The molecule has 0 bridgehead atoms. The molecule has 0 radical (unpaired) electrons. The Morgan fingerprint density at radius 3 is 2.57 bits per heavy atom. The molecule has 0 aliphatic rings. The smallest absolute Gasteiger partial charge is 0.153 e. The van der Waals surface area contributed by atoms with Crippen LogP contribution in [-0.4, -0.2) is 16.1 Å². The second kappa shape index (κ2) is 5.50. The summed E-state index contributed by atoms with van der Waals surface area (Å²) in [6.45, 7) is 0. The van der Waals surface area contributed by atoms with Crippen molar-refractivity contribution in [3.63, 3.8) is 0 Å². The summed E-state index contributed by atoms with van der Waals surface area (Å²) in [5, 5.41) is 4.98. The SMILES string of the molecule is O=Cc1cn(-c2cccc(F)c2)nc1-c1ccc(Cl)cc1. The first-order valence-electron chi connectivity index (χ1n) is 6.24. The van der Waals surface area contributed by atoms with E-state index in [4.69, 9.17) is 11.6 Å². The number of carbonyl (C=O) groups excluding carboxylic acids is 1. The minimum atomic E-state index is -0.358. The zero-order valence-corrected chi connectivity index (χ0v) is 11.6. The number of rotatable bonds is 3. The van der Waals surface area contributed by atoms with E-state index in [1.165, 1.54) is 16.8 Å². The van der Waals surface area contributed by atoms with Gasteiger partial charge in [-0.25, -0.2) is 9.07 Å². The van der Waals surface area contributed by atoms with Crippen molar-refractivity contribution in [3.05, 3.63) is 71.1 Å². The minimum Gasteiger partial charge on any atom is -0.298 e. The highest BCUT2D eigenvalue weighted by molar-refractivity contribution is 6.30. The van der Waals surface area contributed by atoms with E-state index < -0.39 is 0 Å². The molecule has 5 heteroatoms. The maximum Gasteiger partial charge on any atom is 0.153 e. The first kappa shape index (κ1) is 13.5. The third-order valence-corrected chi connectivity index (χ3v) is 3.31. The molecule has 1 aromatic heterocycles. The Bertz CT molecular complexity index is 796. The summed E-state index contributed by atoms with van der Waals surface area (Å²) in [4.78, 5) is 11.2. The van der Waals surface area contributed by atoms with Gasteiger partial charge in [0.05, 0.1) is 11.3 Å². The molecule has 0 fully saturated rings. The first-order chi connectivity index (χ1) is 10.2. The van der Waals surface area contributed by atoms with Crippen LogP contribution in [0.15, 0.2) is 54.7 Å². The highest BCUT2D eigenvalue weighted by Crippen LogP contribution is 2.24. The molecule has 3 aromatic rings. The highest BCUT2D eigenvalue weighted by atomic mass is 35.5. The van der Waals surface area contributed by atoms with Crippen molar-refractivity contribution in [3.8, 4) is 16.9 Å². The van der Waals surface area contributed by atoms with Crippen LogP contribution in [-0.2, 0) is 0 Å². The Morgan fingerprint density at radius 1 is 1.14 bits per heavy atom. The molecule has 0 aliphatic heterocycles. The van der Waals surface area contributed by atoms with Gasteiger partial charge in [-0.05, 0) is 30.3 Å². The van der Waals surface area contributed by atoms with Crippen LogP contribution in [0.5, 0.6) is 0 Å². The van der Waals surface area contributed by atoms with Crippen LogP contribution in [0.1, 0.15) is 10.4 Å². The van der Waals surface area contributed by atoms with Crippen LogP contribution in [0.2, 0.25) is 5.02 Å². The van der Waals surface area contributed by atoms with E-state index in [9.17, 15) is 9.18 Å². The Morgan fingerprint density at radius 2 is 1.90 bits per heavy atom. The van der Waals surface area contributed by atoms with Gasteiger partial charge >= 0.3 is 0 Å². The molecule has 0 spiro atoms. The number of halogens is 2. The predicted molar refractivity (Wildman–Crippen MR) is 79.4 cm³/mol. The van der Waals surface area contributed by atoms with Crippen molar-refractivity contribution in [1.29, 1.82) is 0 Å². The van der Waals surface area contributed by atoms with E-state index >= 15 is 0 Å². The molecule has 0 atom stereocenters. The summed E-state index contributed by atoms with van der Waals surface area (Å²) in [5.74, 6) is -0.358. The second-order valence-electron chi connectivity index (χ2n) is 4.48. The standard InChI is InChI=1S/C16H10ClFN2O/c17-13-6-4-11(5-7-13)16-12(10-21)9-20(19-16)15-3-1-2-14(18)8-15/h1-10H. The van der Waals surface area contributed by atoms with Gasteiger partial charge in [0.1, 0.15) is 11.5 Å².